The van der Waals surface area contributed by atoms with Crippen LogP contribution in [0.2, 0.25) is 5.02 Å². The molecule has 1 amide bonds. The van der Waals surface area contributed by atoms with Crippen molar-refractivity contribution in [1.29, 1.82) is 0 Å². The normalized spacial score (nSPS) is 22.3. The molecule has 1 heterocycles. The minimum absolute atomic E-state index is 0.0147. The molecule has 0 bridgehead atoms. The van der Waals surface area contributed by atoms with Crippen molar-refractivity contribution in [2.45, 2.75) is 43.9 Å². The maximum Gasteiger partial charge on any atom is 0.224 e. The van der Waals surface area contributed by atoms with Gasteiger partial charge in [-0.3, -0.25) is 4.79 Å². The van der Waals surface area contributed by atoms with Crippen molar-refractivity contribution in [1.82, 2.24) is 9.62 Å². The van der Waals surface area contributed by atoms with Crippen molar-refractivity contribution < 1.29 is 13.2 Å². The van der Waals surface area contributed by atoms with Crippen LogP contribution >= 0.6 is 11.6 Å². The molecule has 5 nitrogen and oxygen atoms in total. The number of aryl methyl sites for hydroxylation is 1. The van der Waals surface area contributed by atoms with Crippen molar-refractivity contribution in [2.75, 3.05) is 13.1 Å². The number of fused-ring (bicyclic) bond motifs is 1. The lowest BCUT2D eigenvalue weighted by Gasteiger charge is -2.33. The molecule has 0 saturated carbocycles. The third-order valence-electron chi connectivity index (χ3n) is 6.07. The maximum atomic E-state index is 13.0. The minimum Gasteiger partial charge on any atom is -0.349 e. The summed E-state index contributed by atoms with van der Waals surface area (Å²) < 4.78 is 27.3. The summed E-state index contributed by atoms with van der Waals surface area (Å²) in [6.07, 6.45) is 4.41. The first-order chi connectivity index (χ1) is 14.4. The third-order valence-corrected chi connectivity index (χ3v) is 8.12. The second-order valence-electron chi connectivity index (χ2n) is 8.24. The maximum absolute atomic E-state index is 13.0. The van der Waals surface area contributed by atoms with Crippen LogP contribution in [-0.2, 0) is 27.0 Å². The van der Waals surface area contributed by atoms with Gasteiger partial charge in [-0.25, -0.2) is 12.7 Å². The molecule has 0 radical (unpaired) electrons. The molecule has 160 valence electrons. The van der Waals surface area contributed by atoms with Gasteiger partial charge in [-0.2, -0.15) is 0 Å². The van der Waals surface area contributed by atoms with Gasteiger partial charge >= 0.3 is 0 Å². The number of carbonyl (C=O) groups is 1. The molecule has 1 saturated heterocycles. The van der Waals surface area contributed by atoms with Gasteiger partial charge in [0.1, 0.15) is 0 Å². The highest BCUT2D eigenvalue weighted by Crippen LogP contribution is 2.30. The molecule has 0 aromatic heterocycles. The molecule has 7 heteroatoms. The highest BCUT2D eigenvalue weighted by molar-refractivity contribution is 7.88. The number of hydrogen-bond acceptors (Lipinski definition) is 3. The molecule has 2 aromatic rings. The first-order valence-corrected chi connectivity index (χ1v) is 12.5. The van der Waals surface area contributed by atoms with Gasteiger partial charge in [0, 0.05) is 18.1 Å². The van der Waals surface area contributed by atoms with Crippen LogP contribution in [0, 0.1) is 5.92 Å². The number of carbonyl (C=O) groups excluding carboxylic acids is 1. The predicted molar refractivity (Wildman–Crippen MR) is 119 cm³/mol. The molecule has 2 atom stereocenters. The van der Waals surface area contributed by atoms with Crippen molar-refractivity contribution in [3.63, 3.8) is 0 Å². The average molecular weight is 447 g/mol. The molecule has 1 N–H and O–H groups in total. The van der Waals surface area contributed by atoms with E-state index in [0.29, 0.717) is 30.0 Å². The van der Waals surface area contributed by atoms with E-state index >= 15 is 0 Å². The molecule has 0 spiro atoms. The largest absolute Gasteiger partial charge is 0.349 e. The van der Waals surface area contributed by atoms with E-state index < -0.39 is 10.0 Å². The van der Waals surface area contributed by atoms with Crippen molar-refractivity contribution in [3.05, 3.63) is 70.2 Å². The van der Waals surface area contributed by atoms with E-state index in [1.807, 2.05) is 12.1 Å². The monoisotopic (exact) mass is 446 g/mol. The number of benzene rings is 2. The Hall–Kier alpha value is -1.89. The van der Waals surface area contributed by atoms with Crippen molar-refractivity contribution >= 4 is 27.5 Å². The standard InChI is InChI=1S/C23H27ClN2O3S/c24-20-10-3-6-17(14-20)16-30(28,29)26-13-5-9-19(15-26)23(27)25-22-12-4-8-18-7-1-2-11-21(18)22/h1-3,6-7,10-11,14,19,22H,4-5,8-9,12-13,15-16H2,(H,25,27)/t19-,22-/m1/s1. The molecule has 1 aliphatic carbocycles. The first kappa shape index (κ1) is 21.3. The zero-order valence-corrected chi connectivity index (χ0v) is 18.5. The number of sulfonamides is 1. The van der Waals surface area contributed by atoms with Crippen LogP contribution in [-0.4, -0.2) is 31.7 Å². The zero-order valence-electron chi connectivity index (χ0n) is 16.9. The van der Waals surface area contributed by atoms with Crippen LogP contribution in [0.4, 0.5) is 0 Å². The fourth-order valence-electron chi connectivity index (χ4n) is 4.53. The average Bonchev–Trinajstić information content (AvgIpc) is 2.74. The first-order valence-electron chi connectivity index (χ1n) is 10.5. The highest BCUT2D eigenvalue weighted by atomic mass is 35.5. The van der Waals surface area contributed by atoms with Crippen LogP contribution < -0.4 is 5.32 Å². The number of nitrogens with one attached hydrogen (secondary N) is 1. The van der Waals surface area contributed by atoms with Gasteiger partial charge in [0.15, 0.2) is 0 Å². The van der Waals surface area contributed by atoms with E-state index in [0.717, 1.165) is 19.3 Å². The zero-order chi connectivity index (χ0) is 21.1. The Morgan fingerprint density at radius 3 is 2.77 bits per heavy atom. The van der Waals surface area contributed by atoms with E-state index in [1.165, 1.54) is 15.4 Å². The van der Waals surface area contributed by atoms with E-state index in [2.05, 4.69) is 17.4 Å². The van der Waals surface area contributed by atoms with Crippen LogP contribution in [0.25, 0.3) is 0 Å². The molecule has 4 rings (SSSR count). The fourth-order valence-corrected chi connectivity index (χ4v) is 6.34. The van der Waals surface area contributed by atoms with Crippen molar-refractivity contribution in [2.24, 2.45) is 5.92 Å². The Labute approximate surface area is 183 Å². The lowest BCUT2D eigenvalue weighted by Crippen LogP contribution is -2.46. The Morgan fingerprint density at radius 1 is 1.10 bits per heavy atom. The predicted octanol–water partition coefficient (Wildman–Crippen LogP) is 4.08. The van der Waals surface area contributed by atoms with Gasteiger partial charge in [0.2, 0.25) is 15.9 Å². The Morgan fingerprint density at radius 2 is 1.93 bits per heavy atom. The van der Waals surface area contributed by atoms with Gasteiger partial charge in [0.25, 0.3) is 0 Å². The quantitative estimate of drug-likeness (QED) is 0.752. The SMILES string of the molecule is O=C(N[C@@H]1CCCc2ccccc21)[C@@H]1CCCN(S(=O)(=O)Cc2cccc(Cl)c2)C1. The smallest absolute Gasteiger partial charge is 0.224 e. The Balaban J connectivity index is 1.42. The summed E-state index contributed by atoms with van der Waals surface area (Å²) in [4.78, 5) is 13.0. The van der Waals surface area contributed by atoms with Crippen LogP contribution in [0.1, 0.15) is 48.4 Å². The van der Waals surface area contributed by atoms with Crippen LogP contribution in [0.15, 0.2) is 48.5 Å². The number of rotatable bonds is 5. The van der Waals surface area contributed by atoms with Gasteiger partial charge in [-0.15, -0.1) is 0 Å². The fraction of sp³-hybridized carbons (Fsp3) is 0.435. The van der Waals surface area contributed by atoms with Gasteiger partial charge in [-0.05, 0) is 60.9 Å². The minimum atomic E-state index is -3.51. The number of halogens is 1. The molecular formula is C23H27ClN2O3S. The third kappa shape index (κ3) is 4.88. The summed E-state index contributed by atoms with van der Waals surface area (Å²) in [7, 11) is -3.51. The molecule has 30 heavy (non-hydrogen) atoms. The summed E-state index contributed by atoms with van der Waals surface area (Å²) in [5.41, 5.74) is 3.15. The number of nitrogens with zero attached hydrogens (tertiary/aromatic N) is 1. The Bertz CT molecular complexity index is 1020. The van der Waals surface area contributed by atoms with Crippen molar-refractivity contribution in [3.8, 4) is 0 Å². The second kappa shape index (κ2) is 9.08. The summed E-state index contributed by atoms with van der Waals surface area (Å²) in [5.74, 6) is -0.459. The van der Waals surface area contributed by atoms with E-state index in [-0.39, 0.29) is 30.2 Å². The number of piperidine rings is 1. The summed E-state index contributed by atoms with van der Waals surface area (Å²) in [6, 6.07) is 15.2. The van der Waals surface area contributed by atoms with Gasteiger partial charge in [-0.1, -0.05) is 48.0 Å². The number of amides is 1. The molecular weight excluding hydrogens is 420 g/mol. The molecule has 1 aliphatic heterocycles. The summed E-state index contributed by atoms with van der Waals surface area (Å²) in [5, 5.41) is 3.72. The second-order valence-corrected chi connectivity index (χ2v) is 10.6. The lowest BCUT2D eigenvalue weighted by molar-refractivity contribution is -0.127. The van der Waals surface area contributed by atoms with Gasteiger partial charge in [0.05, 0.1) is 17.7 Å². The van der Waals surface area contributed by atoms with Crippen LogP contribution in [0.5, 0.6) is 0 Å². The molecule has 0 unspecified atom stereocenters. The molecule has 2 aromatic carbocycles. The Kier molecular flexibility index (Phi) is 6.46. The number of hydrogen-bond donors (Lipinski definition) is 1. The van der Waals surface area contributed by atoms with E-state index in [4.69, 9.17) is 11.6 Å². The summed E-state index contributed by atoms with van der Waals surface area (Å²) >= 11 is 5.99. The van der Waals surface area contributed by atoms with E-state index in [1.54, 1.807) is 24.3 Å². The lowest BCUT2D eigenvalue weighted by atomic mass is 9.87. The molecule has 2 aliphatic rings. The van der Waals surface area contributed by atoms with Crippen LogP contribution in [0.3, 0.4) is 0 Å². The summed E-state index contributed by atoms with van der Waals surface area (Å²) in [6.45, 7) is 0.696. The topological polar surface area (TPSA) is 66.5 Å². The molecule has 1 fully saturated rings. The van der Waals surface area contributed by atoms with E-state index in [9.17, 15) is 13.2 Å². The highest BCUT2D eigenvalue weighted by Gasteiger charge is 2.33. The van der Waals surface area contributed by atoms with Gasteiger partial charge < -0.3 is 5.32 Å².